The number of nitrogens with one attached hydrogen (secondary N) is 1. The Balaban J connectivity index is 1.45. The highest BCUT2D eigenvalue weighted by molar-refractivity contribution is 5.80. The molecule has 1 atom stereocenters. The van der Waals surface area contributed by atoms with Gasteiger partial charge < -0.3 is 14.5 Å². The maximum atomic E-state index is 13.2. The molecule has 1 aliphatic carbocycles. The third-order valence-corrected chi connectivity index (χ3v) is 7.70. The number of morpholine rings is 1. The van der Waals surface area contributed by atoms with Gasteiger partial charge in [-0.25, -0.2) is 4.68 Å². The van der Waals surface area contributed by atoms with Crippen molar-refractivity contribution in [3.8, 4) is 5.75 Å². The second-order valence-corrected chi connectivity index (χ2v) is 10.1. The van der Waals surface area contributed by atoms with Crippen molar-refractivity contribution in [2.75, 3.05) is 46.0 Å². The van der Waals surface area contributed by atoms with E-state index >= 15 is 0 Å². The molecule has 3 aromatic rings. The quantitative estimate of drug-likeness (QED) is 0.420. The molecule has 1 aliphatic heterocycles. The van der Waals surface area contributed by atoms with Crippen molar-refractivity contribution in [2.24, 2.45) is 0 Å². The van der Waals surface area contributed by atoms with Crippen LogP contribution in [0.25, 0.3) is 10.9 Å². The van der Waals surface area contributed by atoms with Gasteiger partial charge in [-0.15, -0.1) is 5.10 Å². The van der Waals surface area contributed by atoms with Gasteiger partial charge in [0.05, 0.1) is 31.9 Å². The van der Waals surface area contributed by atoms with Crippen LogP contribution in [0, 0.1) is 0 Å². The normalized spacial score (nSPS) is 18.1. The lowest BCUT2D eigenvalue weighted by Crippen LogP contribution is -2.43. The molecule has 0 bridgehead atoms. The van der Waals surface area contributed by atoms with Crippen LogP contribution in [-0.2, 0) is 11.3 Å². The van der Waals surface area contributed by atoms with Crippen LogP contribution >= 0.6 is 0 Å². The van der Waals surface area contributed by atoms with Crippen LogP contribution in [0.3, 0.4) is 0 Å². The highest BCUT2D eigenvalue weighted by atomic mass is 16.5. The van der Waals surface area contributed by atoms with Gasteiger partial charge in [-0.3, -0.25) is 14.6 Å². The molecule has 1 N–H and O–H groups in total. The fourth-order valence-electron chi connectivity index (χ4n) is 5.70. The summed E-state index contributed by atoms with van der Waals surface area (Å²) in [6, 6.07) is 8.18. The Hall–Kier alpha value is -2.82. The Morgan fingerprint density at radius 2 is 2.00 bits per heavy atom. The Morgan fingerprint density at radius 1 is 1.19 bits per heavy atom. The summed E-state index contributed by atoms with van der Waals surface area (Å²) in [5, 5.41) is 14.0. The summed E-state index contributed by atoms with van der Waals surface area (Å²) in [7, 11) is 0. The number of pyridine rings is 1. The minimum atomic E-state index is -0.0572. The first kappa shape index (κ1) is 25.8. The maximum absolute atomic E-state index is 13.2. The first-order chi connectivity index (χ1) is 18.2. The van der Waals surface area contributed by atoms with Crippen molar-refractivity contribution in [3.63, 3.8) is 0 Å². The van der Waals surface area contributed by atoms with Crippen LogP contribution in [0.2, 0.25) is 0 Å². The third kappa shape index (κ3) is 6.02. The summed E-state index contributed by atoms with van der Waals surface area (Å²) < 4.78 is 13.3. The zero-order valence-electron chi connectivity index (χ0n) is 22.1. The molecule has 200 valence electrons. The van der Waals surface area contributed by atoms with Crippen molar-refractivity contribution in [1.82, 2.24) is 35.0 Å². The van der Waals surface area contributed by atoms with E-state index < -0.39 is 0 Å². The molecule has 2 aliphatic rings. The first-order valence-corrected chi connectivity index (χ1v) is 13.8. The molecular weight excluding hydrogens is 470 g/mol. The molecule has 1 saturated carbocycles. The van der Waals surface area contributed by atoms with Crippen LogP contribution in [0.15, 0.2) is 29.1 Å². The molecule has 1 aromatic carbocycles. The molecule has 10 heteroatoms. The lowest BCUT2D eigenvalue weighted by Gasteiger charge is -2.34. The monoisotopic (exact) mass is 509 g/mol. The SMILES string of the molecule is CCOc1ccc2[nH]c(=O)c(CN(CCN3CCOCC3)[C@@H](CC)c3nnnn3C3CCCC3)cc2c1. The van der Waals surface area contributed by atoms with Gasteiger partial charge in [-0.05, 0) is 60.9 Å². The van der Waals surface area contributed by atoms with Crippen molar-refractivity contribution < 1.29 is 9.47 Å². The molecule has 1 saturated heterocycles. The van der Waals surface area contributed by atoms with E-state index in [4.69, 9.17) is 9.47 Å². The lowest BCUT2D eigenvalue weighted by atomic mass is 10.1. The van der Waals surface area contributed by atoms with E-state index in [-0.39, 0.29) is 11.6 Å². The van der Waals surface area contributed by atoms with E-state index in [2.05, 4.69) is 41.9 Å². The number of nitrogens with zero attached hydrogens (tertiary/aromatic N) is 6. The fraction of sp³-hybridized carbons (Fsp3) is 0.630. The zero-order chi connectivity index (χ0) is 25.6. The Bertz CT molecular complexity index is 1210. The minimum absolute atomic E-state index is 0.0153. The number of fused-ring (bicyclic) bond motifs is 1. The average Bonchev–Trinajstić information content (AvgIpc) is 3.61. The lowest BCUT2D eigenvalue weighted by molar-refractivity contribution is 0.0291. The molecule has 37 heavy (non-hydrogen) atoms. The summed E-state index contributed by atoms with van der Waals surface area (Å²) in [6.07, 6.45) is 5.54. The summed E-state index contributed by atoms with van der Waals surface area (Å²) in [5.74, 6) is 1.71. The summed E-state index contributed by atoms with van der Waals surface area (Å²) in [6.45, 7) is 10.4. The van der Waals surface area contributed by atoms with Gasteiger partial charge in [0.15, 0.2) is 5.82 Å². The molecule has 0 amide bonds. The van der Waals surface area contributed by atoms with Gasteiger partial charge in [0.1, 0.15) is 5.75 Å². The predicted octanol–water partition coefficient (Wildman–Crippen LogP) is 3.31. The molecule has 3 heterocycles. The first-order valence-electron chi connectivity index (χ1n) is 13.8. The van der Waals surface area contributed by atoms with E-state index in [0.717, 1.165) is 86.7 Å². The summed E-state index contributed by atoms with van der Waals surface area (Å²) >= 11 is 0. The van der Waals surface area contributed by atoms with Gasteiger partial charge >= 0.3 is 0 Å². The van der Waals surface area contributed by atoms with Crippen molar-refractivity contribution in [1.29, 1.82) is 0 Å². The van der Waals surface area contributed by atoms with Gasteiger partial charge in [-0.1, -0.05) is 19.8 Å². The van der Waals surface area contributed by atoms with E-state index in [0.29, 0.717) is 19.2 Å². The standard InChI is InChI=1S/C27H39N7O3/c1-3-25(26-29-30-31-34(26)22-7-5-6-8-22)33(12-11-32-13-15-36-16-14-32)19-21-17-20-18-23(37-4-2)9-10-24(20)28-27(21)35/h9-10,17-18,22,25H,3-8,11-16,19H2,1-2H3,(H,28,35)/t25-/m0/s1. The van der Waals surface area contributed by atoms with E-state index in [1.807, 2.05) is 31.2 Å². The Morgan fingerprint density at radius 3 is 2.76 bits per heavy atom. The van der Waals surface area contributed by atoms with Crippen LogP contribution in [0.1, 0.15) is 69.4 Å². The summed E-state index contributed by atoms with van der Waals surface area (Å²) in [5.41, 5.74) is 1.49. The number of hydrogen-bond donors (Lipinski definition) is 1. The van der Waals surface area contributed by atoms with Gasteiger partial charge in [0, 0.05) is 49.2 Å². The minimum Gasteiger partial charge on any atom is -0.494 e. The molecule has 5 rings (SSSR count). The second kappa shape index (κ2) is 12.1. The topological polar surface area (TPSA) is 101 Å². The van der Waals surface area contributed by atoms with Gasteiger partial charge in [0.25, 0.3) is 5.56 Å². The van der Waals surface area contributed by atoms with Gasteiger partial charge in [-0.2, -0.15) is 0 Å². The van der Waals surface area contributed by atoms with Crippen LogP contribution in [0.5, 0.6) is 5.75 Å². The van der Waals surface area contributed by atoms with E-state index in [1.165, 1.54) is 12.8 Å². The highest BCUT2D eigenvalue weighted by Gasteiger charge is 2.30. The molecular formula is C27H39N7O3. The predicted molar refractivity (Wildman–Crippen MR) is 142 cm³/mol. The number of tetrazole rings is 1. The Labute approximate surface area is 217 Å². The summed E-state index contributed by atoms with van der Waals surface area (Å²) in [4.78, 5) is 21.1. The molecule has 0 radical (unpaired) electrons. The van der Waals surface area contributed by atoms with E-state index in [9.17, 15) is 4.79 Å². The fourth-order valence-corrected chi connectivity index (χ4v) is 5.70. The van der Waals surface area contributed by atoms with Crippen molar-refractivity contribution >= 4 is 10.9 Å². The number of aromatic nitrogens is 5. The smallest absolute Gasteiger partial charge is 0.252 e. The maximum Gasteiger partial charge on any atom is 0.252 e. The third-order valence-electron chi connectivity index (χ3n) is 7.70. The van der Waals surface area contributed by atoms with Crippen LogP contribution in [0.4, 0.5) is 0 Å². The number of H-pyrrole nitrogens is 1. The number of rotatable bonds is 11. The number of ether oxygens (including phenoxy) is 2. The van der Waals surface area contributed by atoms with Crippen molar-refractivity contribution in [3.05, 3.63) is 46.0 Å². The van der Waals surface area contributed by atoms with E-state index in [1.54, 1.807) is 0 Å². The zero-order valence-corrected chi connectivity index (χ0v) is 22.1. The second-order valence-electron chi connectivity index (χ2n) is 10.1. The molecule has 2 fully saturated rings. The Kier molecular flexibility index (Phi) is 8.48. The van der Waals surface area contributed by atoms with Gasteiger partial charge in [0.2, 0.25) is 0 Å². The van der Waals surface area contributed by atoms with Crippen LogP contribution < -0.4 is 10.3 Å². The highest BCUT2D eigenvalue weighted by Crippen LogP contribution is 2.33. The molecule has 2 aromatic heterocycles. The average molecular weight is 510 g/mol. The van der Waals surface area contributed by atoms with Crippen molar-refractivity contribution in [2.45, 2.75) is 64.6 Å². The largest absolute Gasteiger partial charge is 0.494 e. The number of hydrogen-bond acceptors (Lipinski definition) is 8. The molecule has 0 spiro atoms. The van der Waals surface area contributed by atoms with Crippen LogP contribution in [-0.4, -0.2) is 81.0 Å². The molecule has 0 unspecified atom stereocenters. The number of aromatic amines is 1. The molecule has 10 nitrogen and oxygen atoms in total. The number of benzene rings is 1.